The minimum Gasteiger partial charge on any atom is -0.488 e. The van der Waals surface area contributed by atoms with E-state index in [-0.39, 0.29) is 47.5 Å². The summed E-state index contributed by atoms with van der Waals surface area (Å²) in [6.45, 7) is 6.34. The van der Waals surface area contributed by atoms with E-state index in [9.17, 15) is 19.2 Å². The van der Waals surface area contributed by atoms with Crippen LogP contribution in [0.15, 0.2) is 60.9 Å². The minimum atomic E-state index is -0.594. The number of primary amides is 1. The van der Waals surface area contributed by atoms with Gasteiger partial charge in [0, 0.05) is 80.5 Å². The van der Waals surface area contributed by atoms with Crippen LogP contribution in [-0.2, 0) is 34.0 Å². The normalized spacial score (nSPS) is 20.4. The van der Waals surface area contributed by atoms with E-state index >= 15 is 0 Å². The van der Waals surface area contributed by atoms with Crippen molar-refractivity contribution in [3.63, 3.8) is 0 Å². The molecular formula is C41H50ClN5O6. The molecule has 4 heterocycles. The number of aldehydes is 1. The lowest BCUT2D eigenvalue weighted by atomic mass is 9.73. The summed E-state index contributed by atoms with van der Waals surface area (Å²) in [5.74, 6) is 0.00455. The fourth-order valence-corrected chi connectivity index (χ4v) is 8.26. The van der Waals surface area contributed by atoms with Gasteiger partial charge in [-0.1, -0.05) is 41.9 Å². The zero-order valence-electron chi connectivity index (χ0n) is 30.3. The summed E-state index contributed by atoms with van der Waals surface area (Å²) in [5, 5.41) is 0.391. The summed E-state index contributed by atoms with van der Waals surface area (Å²) in [4.78, 5) is 60.8. The molecule has 1 spiro atoms. The van der Waals surface area contributed by atoms with Crippen LogP contribution in [0.3, 0.4) is 0 Å². The first kappa shape index (κ1) is 38.4. The molecule has 0 aliphatic carbocycles. The summed E-state index contributed by atoms with van der Waals surface area (Å²) >= 11 is 6.55. The van der Waals surface area contributed by atoms with Crippen LogP contribution in [0.4, 0.5) is 0 Å². The maximum absolute atomic E-state index is 13.6. The predicted octanol–water partition coefficient (Wildman–Crippen LogP) is 5.46. The molecule has 0 radical (unpaired) electrons. The fraction of sp³-hybridized carbons (Fsp3) is 0.488. The van der Waals surface area contributed by atoms with Crippen LogP contribution in [0.1, 0.15) is 88.8 Å². The van der Waals surface area contributed by atoms with Crippen molar-refractivity contribution in [3.05, 3.63) is 93.8 Å². The Morgan fingerprint density at radius 3 is 2.38 bits per heavy atom. The number of benzene rings is 2. The highest BCUT2D eigenvalue weighted by atomic mass is 35.5. The average Bonchev–Trinajstić information content (AvgIpc) is 3.63. The third kappa shape index (κ3) is 10.4. The Labute approximate surface area is 316 Å². The highest BCUT2D eigenvalue weighted by molar-refractivity contribution is 6.31. The summed E-state index contributed by atoms with van der Waals surface area (Å²) in [5.41, 5.74) is 8.35. The van der Waals surface area contributed by atoms with E-state index in [0.29, 0.717) is 67.3 Å². The zero-order chi connectivity index (χ0) is 37.2. The largest absolute Gasteiger partial charge is 0.488 e. The van der Waals surface area contributed by atoms with Crippen LogP contribution in [0.25, 0.3) is 0 Å². The topological polar surface area (TPSA) is 135 Å². The highest BCUT2D eigenvalue weighted by Gasteiger charge is 2.41. The molecule has 12 heteroatoms. The monoisotopic (exact) mass is 743 g/mol. The third-order valence-corrected chi connectivity index (χ3v) is 11.2. The Balaban J connectivity index is 0.960. The van der Waals surface area contributed by atoms with Crippen LogP contribution < -0.4 is 10.5 Å². The van der Waals surface area contributed by atoms with Gasteiger partial charge in [-0.15, -0.1) is 0 Å². The van der Waals surface area contributed by atoms with Crippen molar-refractivity contribution in [1.82, 2.24) is 19.7 Å². The van der Waals surface area contributed by atoms with E-state index in [1.54, 1.807) is 24.4 Å². The molecule has 0 bridgehead atoms. The van der Waals surface area contributed by atoms with E-state index in [0.717, 1.165) is 64.7 Å². The van der Waals surface area contributed by atoms with E-state index < -0.39 is 5.91 Å². The van der Waals surface area contributed by atoms with Gasteiger partial charge in [-0.05, 0) is 80.8 Å². The number of amides is 3. The standard InChI is InChI=1S/C41H50ClN5O6/c42-36-20-34(25-48)37(53-27-31-19-33(40(43)51)23-44-22-31)21-32(36)10-11-39(50)47-17-6-14-41(29-47)13-5-16-46(28-41)38(49)9-4-15-45-18-12-35(24-45)52-26-30-7-2-1-3-8-30/h1-3,7-8,19-23,25,35H,4-6,9-18,24,26-29H2,(H2,43,51). The Morgan fingerprint density at radius 1 is 0.925 bits per heavy atom. The number of carbonyl (C=O) groups excluding carboxylic acids is 4. The van der Waals surface area contributed by atoms with Gasteiger partial charge in [0.05, 0.1) is 23.8 Å². The number of hydrogen-bond acceptors (Lipinski definition) is 8. The van der Waals surface area contributed by atoms with Gasteiger partial charge in [-0.2, -0.15) is 0 Å². The smallest absolute Gasteiger partial charge is 0.250 e. The number of aryl methyl sites for hydroxylation is 1. The van der Waals surface area contributed by atoms with Gasteiger partial charge >= 0.3 is 0 Å². The van der Waals surface area contributed by atoms with E-state index in [4.69, 9.17) is 26.8 Å². The number of hydrogen-bond donors (Lipinski definition) is 1. The first-order chi connectivity index (χ1) is 25.7. The second-order valence-corrected chi connectivity index (χ2v) is 15.2. The molecule has 282 valence electrons. The van der Waals surface area contributed by atoms with Gasteiger partial charge in [0.1, 0.15) is 12.4 Å². The third-order valence-electron chi connectivity index (χ3n) is 10.8. The molecule has 6 rings (SSSR count). The minimum absolute atomic E-state index is 0.0523. The molecular weight excluding hydrogens is 694 g/mol. The molecule has 3 saturated heterocycles. The Kier molecular flexibility index (Phi) is 13.1. The molecule has 2 aromatic carbocycles. The van der Waals surface area contributed by atoms with Gasteiger partial charge in [-0.25, -0.2) is 0 Å². The molecule has 11 nitrogen and oxygen atoms in total. The number of ether oxygens (including phenoxy) is 2. The molecule has 3 aromatic rings. The molecule has 53 heavy (non-hydrogen) atoms. The first-order valence-corrected chi connectivity index (χ1v) is 19.2. The van der Waals surface area contributed by atoms with Crippen LogP contribution in [0.2, 0.25) is 5.02 Å². The number of halogens is 1. The van der Waals surface area contributed by atoms with Crippen LogP contribution in [-0.4, -0.2) is 95.6 Å². The molecule has 3 fully saturated rings. The fourth-order valence-electron chi connectivity index (χ4n) is 7.99. The van der Waals surface area contributed by atoms with Crippen LogP contribution in [0.5, 0.6) is 5.75 Å². The molecule has 2 atom stereocenters. The van der Waals surface area contributed by atoms with Gasteiger partial charge < -0.3 is 29.9 Å². The first-order valence-electron chi connectivity index (χ1n) is 18.8. The van der Waals surface area contributed by atoms with Crippen LogP contribution in [0, 0.1) is 5.41 Å². The van der Waals surface area contributed by atoms with E-state index in [1.165, 1.54) is 11.8 Å². The Bertz CT molecular complexity index is 1750. The van der Waals surface area contributed by atoms with Crippen molar-refractivity contribution in [2.24, 2.45) is 11.1 Å². The number of aromatic nitrogens is 1. The SMILES string of the molecule is NC(=O)c1cncc(COc2cc(CCC(=O)N3CCCC4(CCCN(C(=O)CCCN5CCC(OCc6ccccc6)C5)C4)C3)c(Cl)cc2C=O)c1. The predicted molar refractivity (Wildman–Crippen MR) is 202 cm³/mol. The molecule has 1 aromatic heterocycles. The highest BCUT2D eigenvalue weighted by Crippen LogP contribution is 2.39. The molecule has 3 aliphatic rings. The van der Waals surface area contributed by atoms with Crippen molar-refractivity contribution in [3.8, 4) is 5.75 Å². The summed E-state index contributed by atoms with van der Waals surface area (Å²) < 4.78 is 12.1. The number of piperidine rings is 2. The van der Waals surface area contributed by atoms with Crippen molar-refractivity contribution in [2.75, 3.05) is 45.8 Å². The number of carbonyl (C=O) groups is 4. The van der Waals surface area contributed by atoms with Gasteiger partial charge in [-0.3, -0.25) is 24.2 Å². The number of likely N-dealkylation sites (tertiary alicyclic amines) is 3. The Hall–Kier alpha value is -4.32. The second kappa shape index (κ2) is 18.1. The lowest BCUT2D eigenvalue weighted by molar-refractivity contribution is -0.140. The average molecular weight is 744 g/mol. The maximum atomic E-state index is 13.6. The summed E-state index contributed by atoms with van der Waals surface area (Å²) in [7, 11) is 0. The van der Waals surface area contributed by atoms with Crippen molar-refractivity contribution in [2.45, 2.75) is 77.1 Å². The molecule has 0 saturated carbocycles. The number of pyridine rings is 1. The number of rotatable bonds is 15. The second-order valence-electron chi connectivity index (χ2n) is 14.8. The number of nitrogens with two attached hydrogens (primary N) is 1. The number of nitrogens with zero attached hydrogens (tertiary/aromatic N) is 4. The van der Waals surface area contributed by atoms with Gasteiger partial charge in [0.15, 0.2) is 6.29 Å². The molecule has 2 unspecified atom stereocenters. The summed E-state index contributed by atoms with van der Waals surface area (Å²) in [6.07, 6.45) is 10.8. The summed E-state index contributed by atoms with van der Waals surface area (Å²) in [6, 6.07) is 15.1. The van der Waals surface area contributed by atoms with E-state index in [1.807, 2.05) is 28.0 Å². The maximum Gasteiger partial charge on any atom is 0.250 e. The molecule has 3 aliphatic heterocycles. The van der Waals surface area contributed by atoms with Gasteiger partial charge in [0.2, 0.25) is 17.7 Å². The van der Waals surface area contributed by atoms with Crippen molar-refractivity contribution >= 4 is 35.6 Å². The van der Waals surface area contributed by atoms with Crippen molar-refractivity contribution in [1.29, 1.82) is 0 Å². The Morgan fingerprint density at radius 2 is 1.66 bits per heavy atom. The lowest BCUT2D eigenvalue weighted by Crippen LogP contribution is -2.54. The lowest BCUT2D eigenvalue weighted by Gasteiger charge is -2.48. The zero-order valence-corrected chi connectivity index (χ0v) is 31.1. The molecule has 3 amide bonds. The van der Waals surface area contributed by atoms with Gasteiger partial charge in [0.25, 0.3) is 0 Å². The quantitative estimate of drug-likeness (QED) is 0.203. The van der Waals surface area contributed by atoms with Crippen molar-refractivity contribution < 1.29 is 28.7 Å². The van der Waals surface area contributed by atoms with Crippen LogP contribution >= 0.6 is 11.6 Å². The molecule has 2 N–H and O–H groups in total. The van der Waals surface area contributed by atoms with E-state index in [2.05, 4.69) is 22.0 Å².